The van der Waals surface area contributed by atoms with E-state index in [1.807, 2.05) is 75.5 Å². The van der Waals surface area contributed by atoms with Crippen LogP contribution in [0.15, 0.2) is 124 Å². The number of aliphatic imine (C=N–C) groups is 1. The van der Waals surface area contributed by atoms with E-state index in [0.29, 0.717) is 48.2 Å². The van der Waals surface area contributed by atoms with Gasteiger partial charge in [0.1, 0.15) is 23.1 Å². The van der Waals surface area contributed by atoms with Gasteiger partial charge in [-0.1, -0.05) is 67.0 Å². The Morgan fingerprint density at radius 2 is 1.64 bits per heavy atom. The fourth-order valence-corrected chi connectivity index (χ4v) is 5.88. The lowest BCUT2D eigenvalue weighted by Crippen LogP contribution is -2.48. The highest BCUT2D eigenvalue weighted by atomic mass is 35.5. The molecule has 0 heterocycles. The first-order valence-electron chi connectivity index (χ1n) is 18.0. The SMILES string of the molecule is C/C=C(\C/C=C\C(=C/C)OC)CCCC(=O)NC(Cc1ccc(Oc2ccc(C(=O)O)cc2)cc1)C(=NC)N(/C=C/C(=C/C)C(/Cl)=C\CCl)CCCC. The highest BCUT2D eigenvalue weighted by molar-refractivity contribution is 6.33. The monoisotopic (exact) mass is 763 g/mol. The molecule has 0 saturated heterocycles. The number of carboxylic acid groups (broad SMARTS) is 1. The molecule has 2 N–H and O–H groups in total. The van der Waals surface area contributed by atoms with Gasteiger partial charge in [-0.2, -0.15) is 0 Å². The molecule has 286 valence electrons. The van der Waals surface area contributed by atoms with Crippen LogP contribution in [0.2, 0.25) is 0 Å². The van der Waals surface area contributed by atoms with Gasteiger partial charge in [-0.3, -0.25) is 9.79 Å². The van der Waals surface area contributed by atoms with Crippen LogP contribution in [-0.2, 0) is 16.0 Å². The van der Waals surface area contributed by atoms with Crippen LogP contribution in [0.3, 0.4) is 0 Å². The maximum atomic E-state index is 13.6. The first-order chi connectivity index (χ1) is 25.6. The summed E-state index contributed by atoms with van der Waals surface area (Å²) in [6.07, 6.45) is 20.7. The van der Waals surface area contributed by atoms with Crippen molar-refractivity contribution in [2.75, 3.05) is 26.6 Å². The second-order valence-corrected chi connectivity index (χ2v) is 12.8. The van der Waals surface area contributed by atoms with E-state index < -0.39 is 12.0 Å². The zero-order chi connectivity index (χ0) is 39.0. The Bertz CT molecular complexity index is 1660. The van der Waals surface area contributed by atoms with Crippen molar-refractivity contribution >= 4 is 40.9 Å². The second-order valence-electron chi connectivity index (χ2n) is 12.1. The molecule has 0 aliphatic rings. The molecule has 0 spiro atoms. The minimum absolute atomic E-state index is 0.0517. The van der Waals surface area contributed by atoms with Crippen LogP contribution in [0, 0.1) is 0 Å². The van der Waals surface area contributed by atoms with Crippen molar-refractivity contribution in [1.82, 2.24) is 10.2 Å². The van der Waals surface area contributed by atoms with Gasteiger partial charge in [-0.05, 0) is 119 Å². The zero-order valence-corrected chi connectivity index (χ0v) is 33.4. The summed E-state index contributed by atoms with van der Waals surface area (Å²) in [6.45, 7) is 8.72. The second kappa shape index (κ2) is 25.4. The van der Waals surface area contributed by atoms with Crippen LogP contribution in [0.5, 0.6) is 11.5 Å². The van der Waals surface area contributed by atoms with Crippen molar-refractivity contribution in [1.29, 1.82) is 0 Å². The van der Waals surface area contributed by atoms with Crippen LogP contribution >= 0.6 is 23.2 Å². The molecule has 10 heteroatoms. The molecule has 1 atom stereocenters. The molecule has 0 saturated carbocycles. The largest absolute Gasteiger partial charge is 0.497 e. The van der Waals surface area contributed by atoms with Gasteiger partial charge >= 0.3 is 5.97 Å². The van der Waals surface area contributed by atoms with Crippen molar-refractivity contribution in [2.24, 2.45) is 4.99 Å². The number of benzene rings is 2. The lowest BCUT2D eigenvalue weighted by atomic mass is 10.0. The number of amidine groups is 1. The van der Waals surface area contributed by atoms with Gasteiger partial charge in [0.05, 0.1) is 18.7 Å². The Labute approximate surface area is 326 Å². The van der Waals surface area contributed by atoms with Gasteiger partial charge in [0.25, 0.3) is 0 Å². The molecule has 0 radical (unpaired) electrons. The third-order valence-electron chi connectivity index (χ3n) is 8.39. The average Bonchev–Trinajstić information content (AvgIpc) is 3.16. The summed E-state index contributed by atoms with van der Waals surface area (Å²) in [5.74, 6) is 1.94. The molecule has 2 rings (SSSR count). The molecule has 0 aliphatic carbocycles. The number of ether oxygens (including phenoxy) is 2. The number of allylic oxidation sites excluding steroid dienone is 10. The lowest BCUT2D eigenvalue weighted by Gasteiger charge is -2.29. The standard InChI is InChI=1S/C43H55Cl2N3O5/c1-7-11-29-48(30-27-34(9-3)39(45)26-28-44)42(46-5)40(47-41(49)17-13-15-32(8-2)14-12-16-36(10-4)52-6)31-33-18-22-37(23-19-33)53-38-24-20-35(21-25-38)43(50)51/h8-10,12,16,18-27,30,40H,7,11,13-15,17,28-29,31H2,1-6H3,(H,47,49)(H,50,51)/b16-12-,30-27+,32-8+,34-9-,36-10+,39-26+,46-42?. The van der Waals surface area contributed by atoms with Gasteiger partial charge in [-0.25, -0.2) is 4.79 Å². The summed E-state index contributed by atoms with van der Waals surface area (Å²) in [6, 6.07) is 13.5. The summed E-state index contributed by atoms with van der Waals surface area (Å²) in [4.78, 5) is 31.6. The highest BCUT2D eigenvalue weighted by Gasteiger charge is 2.23. The minimum Gasteiger partial charge on any atom is -0.497 e. The number of carboxylic acids is 1. The Kier molecular flexibility index (Phi) is 21.4. The van der Waals surface area contributed by atoms with Gasteiger partial charge in [0.15, 0.2) is 0 Å². The number of hydrogen-bond acceptors (Lipinski definition) is 5. The van der Waals surface area contributed by atoms with Crippen LogP contribution in [0.25, 0.3) is 0 Å². The number of aromatic carboxylic acids is 1. The number of nitrogens with zero attached hydrogens (tertiary/aromatic N) is 2. The molecule has 0 aliphatic heterocycles. The van der Waals surface area contributed by atoms with E-state index in [1.165, 1.54) is 17.7 Å². The zero-order valence-electron chi connectivity index (χ0n) is 31.9. The molecule has 0 bridgehead atoms. The van der Waals surface area contributed by atoms with Crippen LogP contribution < -0.4 is 10.1 Å². The molecule has 0 aromatic heterocycles. The number of rotatable bonds is 22. The third kappa shape index (κ3) is 16.4. The number of unbranched alkanes of at least 4 members (excludes halogenated alkanes) is 1. The maximum Gasteiger partial charge on any atom is 0.335 e. The first-order valence-corrected chi connectivity index (χ1v) is 18.9. The Morgan fingerprint density at radius 3 is 2.19 bits per heavy atom. The highest BCUT2D eigenvalue weighted by Crippen LogP contribution is 2.24. The predicted molar refractivity (Wildman–Crippen MR) is 220 cm³/mol. The van der Waals surface area contributed by atoms with Crippen LogP contribution in [-0.4, -0.2) is 60.3 Å². The van der Waals surface area contributed by atoms with Crippen LogP contribution in [0.4, 0.5) is 0 Å². The number of nitrogens with one attached hydrogen (secondary N) is 1. The number of carbonyl (C=O) groups excluding carboxylic acids is 1. The molecular weight excluding hydrogens is 709 g/mol. The number of alkyl halides is 1. The molecule has 1 unspecified atom stereocenters. The van der Waals surface area contributed by atoms with Gasteiger partial charge < -0.3 is 24.8 Å². The normalized spacial score (nSPS) is 13.8. The number of hydrogen-bond donors (Lipinski definition) is 2. The molecular formula is C43H55Cl2N3O5. The average molecular weight is 765 g/mol. The minimum atomic E-state index is -0.993. The summed E-state index contributed by atoms with van der Waals surface area (Å²) >= 11 is 12.4. The van der Waals surface area contributed by atoms with Crippen molar-refractivity contribution in [3.05, 3.63) is 130 Å². The van der Waals surface area contributed by atoms with E-state index >= 15 is 0 Å². The van der Waals surface area contributed by atoms with Crippen LogP contribution in [0.1, 0.15) is 82.1 Å². The topological polar surface area (TPSA) is 100 Å². The molecule has 8 nitrogen and oxygen atoms in total. The fourth-order valence-electron chi connectivity index (χ4n) is 5.40. The van der Waals surface area contributed by atoms with E-state index in [9.17, 15) is 14.7 Å². The van der Waals surface area contributed by atoms with Crippen molar-refractivity contribution in [2.45, 2.75) is 78.7 Å². The molecule has 0 fully saturated rings. The van der Waals surface area contributed by atoms with E-state index in [2.05, 4.69) is 29.3 Å². The predicted octanol–water partition coefficient (Wildman–Crippen LogP) is 10.8. The Balaban J connectivity index is 2.33. The summed E-state index contributed by atoms with van der Waals surface area (Å²) in [7, 11) is 3.40. The van der Waals surface area contributed by atoms with Crippen molar-refractivity contribution in [3.63, 3.8) is 0 Å². The molecule has 1 amide bonds. The summed E-state index contributed by atoms with van der Waals surface area (Å²) < 4.78 is 11.3. The maximum absolute atomic E-state index is 13.6. The quantitative estimate of drug-likeness (QED) is 0.0309. The molecule has 53 heavy (non-hydrogen) atoms. The smallest absolute Gasteiger partial charge is 0.335 e. The molecule has 2 aromatic carbocycles. The molecule has 2 aromatic rings. The Morgan fingerprint density at radius 1 is 0.962 bits per heavy atom. The van der Waals surface area contributed by atoms with E-state index in [4.69, 9.17) is 37.7 Å². The first kappa shape index (κ1) is 44.6. The van der Waals surface area contributed by atoms with E-state index in [0.717, 1.165) is 48.4 Å². The van der Waals surface area contributed by atoms with E-state index in [-0.39, 0.29) is 11.5 Å². The number of amides is 1. The van der Waals surface area contributed by atoms with Gasteiger partial charge in [-0.15, -0.1) is 11.6 Å². The summed E-state index contributed by atoms with van der Waals surface area (Å²) in [5, 5.41) is 13.1. The van der Waals surface area contributed by atoms with E-state index in [1.54, 1.807) is 32.4 Å². The third-order valence-corrected chi connectivity index (χ3v) is 8.92. The summed E-state index contributed by atoms with van der Waals surface area (Å²) in [5.41, 5.74) is 3.25. The van der Waals surface area contributed by atoms with Gasteiger partial charge in [0, 0.05) is 37.1 Å². The van der Waals surface area contributed by atoms with Gasteiger partial charge in [0.2, 0.25) is 5.91 Å². The Hall–Kier alpha value is -4.53. The number of halogens is 2. The fraction of sp³-hybridized carbons (Fsp3) is 0.372. The number of carbonyl (C=O) groups is 2. The van der Waals surface area contributed by atoms with Crippen molar-refractivity contribution < 1.29 is 24.2 Å². The lowest BCUT2D eigenvalue weighted by molar-refractivity contribution is -0.121. The van der Waals surface area contributed by atoms with Crippen molar-refractivity contribution in [3.8, 4) is 11.5 Å². The number of methoxy groups -OCH3 is 1.